The lowest BCUT2D eigenvalue weighted by Gasteiger charge is -2.23. The number of aliphatic hydroxyl groups is 1. The molecular formula is C16H27NO3. The summed E-state index contributed by atoms with van der Waals surface area (Å²) in [5, 5.41) is 13.2. The first-order valence-corrected chi connectivity index (χ1v) is 7.36. The monoisotopic (exact) mass is 281 g/mol. The molecule has 1 heterocycles. The van der Waals surface area contributed by atoms with Gasteiger partial charge in [-0.3, -0.25) is 4.79 Å². The smallest absolute Gasteiger partial charge is 0.224 e. The van der Waals surface area contributed by atoms with E-state index in [4.69, 9.17) is 4.74 Å². The molecule has 0 radical (unpaired) electrons. The van der Waals surface area contributed by atoms with Gasteiger partial charge in [-0.1, -0.05) is 30.7 Å². The molecule has 3 atom stereocenters. The van der Waals surface area contributed by atoms with E-state index in [2.05, 4.69) is 5.32 Å². The van der Waals surface area contributed by atoms with E-state index in [-0.39, 0.29) is 17.9 Å². The van der Waals surface area contributed by atoms with Crippen LogP contribution in [0.4, 0.5) is 0 Å². The Labute approximate surface area is 121 Å². The Morgan fingerprint density at radius 2 is 2.15 bits per heavy atom. The van der Waals surface area contributed by atoms with Gasteiger partial charge in [-0.15, -0.1) is 0 Å². The molecular weight excluding hydrogens is 254 g/mol. The first kappa shape index (κ1) is 16.9. The van der Waals surface area contributed by atoms with Crippen LogP contribution in [0, 0.1) is 5.92 Å². The van der Waals surface area contributed by atoms with Crippen LogP contribution in [-0.2, 0) is 9.53 Å². The average molecular weight is 281 g/mol. The molecule has 0 fully saturated rings. The summed E-state index contributed by atoms with van der Waals surface area (Å²) in [4.78, 5) is 11.7. The largest absolute Gasteiger partial charge is 0.389 e. The van der Waals surface area contributed by atoms with Crippen molar-refractivity contribution in [3.05, 3.63) is 23.8 Å². The van der Waals surface area contributed by atoms with Gasteiger partial charge in [0.2, 0.25) is 5.91 Å². The Hall–Kier alpha value is -1.13. The van der Waals surface area contributed by atoms with Gasteiger partial charge in [0.1, 0.15) is 6.10 Å². The second-order valence-corrected chi connectivity index (χ2v) is 5.51. The Morgan fingerprint density at radius 1 is 1.40 bits per heavy atom. The van der Waals surface area contributed by atoms with Gasteiger partial charge in [-0.25, -0.2) is 0 Å². The summed E-state index contributed by atoms with van der Waals surface area (Å²) in [6.45, 7) is 4.59. The molecule has 1 amide bonds. The van der Waals surface area contributed by atoms with Crippen LogP contribution in [0.5, 0.6) is 0 Å². The number of ether oxygens (including phenoxy) is 1. The predicted octanol–water partition coefficient (Wildman–Crippen LogP) is 2.19. The van der Waals surface area contributed by atoms with Gasteiger partial charge >= 0.3 is 0 Å². The standard InChI is InChI=1S/C16H27NO3/c1-12-10-13(2)16(19)14(20-3)8-6-4-5-7-9-17-15(18)11-12/h6,8,10,13-14,16,19H,4-5,7,9,11H2,1-3H3,(H,17,18). The summed E-state index contributed by atoms with van der Waals surface area (Å²) in [6, 6.07) is 0. The zero-order valence-electron chi connectivity index (χ0n) is 12.8. The molecule has 1 aliphatic rings. The first-order valence-electron chi connectivity index (χ1n) is 7.36. The SMILES string of the molecule is COC1C=CCCCCNC(=O)CC(C)=CC(C)C1O. The Kier molecular flexibility index (Phi) is 7.55. The maximum absolute atomic E-state index is 11.7. The first-order chi connectivity index (χ1) is 9.54. The molecule has 0 bridgehead atoms. The van der Waals surface area contributed by atoms with Gasteiger partial charge < -0.3 is 15.2 Å². The van der Waals surface area contributed by atoms with Crippen molar-refractivity contribution in [1.29, 1.82) is 0 Å². The van der Waals surface area contributed by atoms with Crippen LogP contribution in [0.3, 0.4) is 0 Å². The molecule has 1 rings (SSSR count). The number of methoxy groups -OCH3 is 1. The summed E-state index contributed by atoms with van der Waals surface area (Å²) < 4.78 is 5.34. The van der Waals surface area contributed by atoms with Gasteiger partial charge in [-0.05, 0) is 26.2 Å². The van der Waals surface area contributed by atoms with Gasteiger partial charge in [0.15, 0.2) is 0 Å². The molecule has 3 unspecified atom stereocenters. The van der Waals surface area contributed by atoms with Crippen molar-refractivity contribution in [2.75, 3.05) is 13.7 Å². The Morgan fingerprint density at radius 3 is 2.85 bits per heavy atom. The van der Waals surface area contributed by atoms with E-state index in [9.17, 15) is 9.90 Å². The molecule has 0 aliphatic carbocycles. The minimum absolute atomic E-state index is 0.0522. The number of amides is 1. The molecule has 0 aromatic rings. The highest BCUT2D eigenvalue weighted by Crippen LogP contribution is 2.16. The molecule has 4 heteroatoms. The van der Waals surface area contributed by atoms with Crippen molar-refractivity contribution in [2.45, 2.75) is 51.7 Å². The lowest BCUT2D eigenvalue weighted by molar-refractivity contribution is -0.120. The molecule has 0 spiro atoms. The van der Waals surface area contributed by atoms with Crippen molar-refractivity contribution in [3.63, 3.8) is 0 Å². The number of aliphatic hydroxyl groups excluding tert-OH is 1. The molecule has 1 aliphatic heterocycles. The fourth-order valence-corrected chi connectivity index (χ4v) is 2.40. The zero-order chi connectivity index (χ0) is 15.0. The number of carbonyl (C=O) groups excluding carboxylic acids is 1. The normalized spacial score (nSPS) is 30.3. The third-order valence-electron chi connectivity index (χ3n) is 3.58. The number of carbonyl (C=O) groups is 1. The number of allylic oxidation sites excluding steroid dienone is 1. The van der Waals surface area contributed by atoms with Crippen molar-refractivity contribution >= 4 is 5.91 Å². The van der Waals surface area contributed by atoms with Crippen LogP contribution in [0.2, 0.25) is 0 Å². The third kappa shape index (κ3) is 5.88. The maximum Gasteiger partial charge on any atom is 0.224 e. The lowest BCUT2D eigenvalue weighted by atomic mass is 9.95. The topological polar surface area (TPSA) is 58.6 Å². The van der Waals surface area contributed by atoms with Crippen LogP contribution in [0.15, 0.2) is 23.8 Å². The number of hydrogen-bond donors (Lipinski definition) is 2. The van der Waals surface area contributed by atoms with E-state index in [0.29, 0.717) is 6.42 Å². The van der Waals surface area contributed by atoms with Crippen molar-refractivity contribution < 1.29 is 14.6 Å². The number of hydrogen-bond acceptors (Lipinski definition) is 3. The van der Waals surface area contributed by atoms with Gasteiger partial charge in [0.25, 0.3) is 0 Å². The summed E-state index contributed by atoms with van der Waals surface area (Å²) in [7, 11) is 1.61. The molecule has 4 nitrogen and oxygen atoms in total. The van der Waals surface area contributed by atoms with E-state index >= 15 is 0 Å². The van der Waals surface area contributed by atoms with E-state index in [0.717, 1.165) is 31.4 Å². The van der Waals surface area contributed by atoms with E-state index in [1.165, 1.54) is 0 Å². The van der Waals surface area contributed by atoms with Crippen LogP contribution < -0.4 is 5.32 Å². The lowest BCUT2D eigenvalue weighted by Crippen LogP contribution is -2.32. The van der Waals surface area contributed by atoms with E-state index in [1.54, 1.807) is 7.11 Å². The highest BCUT2D eigenvalue weighted by atomic mass is 16.5. The molecule has 0 saturated carbocycles. The summed E-state index contributed by atoms with van der Waals surface area (Å²) >= 11 is 0. The Balaban J connectivity index is 2.80. The van der Waals surface area contributed by atoms with Gasteiger partial charge in [-0.2, -0.15) is 0 Å². The molecule has 0 aromatic heterocycles. The van der Waals surface area contributed by atoms with E-state index in [1.807, 2.05) is 32.1 Å². The van der Waals surface area contributed by atoms with Crippen LogP contribution in [0.1, 0.15) is 39.5 Å². The molecule has 114 valence electrons. The summed E-state index contributed by atoms with van der Waals surface area (Å²) in [5.41, 5.74) is 0.977. The number of nitrogens with one attached hydrogen (secondary N) is 1. The van der Waals surface area contributed by atoms with Gasteiger partial charge in [0, 0.05) is 26.0 Å². The summed E-state index contributed by atoms with van der Waals surface area (Å²) in [5.74, 6) is -0.00308. The fourth-order valence-electron chi connectivity index (χ4n) is 2.40. The van der Waals surface area contributed by atoms with Crippen LogP contribution in [-0.4, -0.2) is 36.9 Å². The minimum atomic E-state index is -0.600. The molecule has 20 heavy (non-hydrogen) atoms. The van der Waals surface area contributed by atoms with Gasteiger partial charge in [0.05, 0.1) is 6.10 Å². The Bertz CT molecular complexity index is 363. The second-order valence-electron chi connectivity index (χ2n) is 5.51. The maximum atomic E-state index is 11.7. The fraction of sp³-hybridized carbons (Fsp3) is 0.688. The third-order valence-corrected chi connectivity index (χ3v) is 3.58. The van der Waals surface area contributed by atoms with Crippen molar-refractivity contribution in [1.82, 2.24) is 5.32 Å². The molecule has 0 saturated heterocycles. The van der Waals surface area contributed by atoms with Crippen LogP contribution in [0.25, 0.3) is 0 Å². The van der Waals surface area contributed by atoms with Crippen LogP contribution >= 0.6 is 0 Å². The molecule has 0 aromatic carbocycles. The predicted molar refractivity (Wildman–Crippen MR) is 80.3 cm³/mol. The quantitative estimate of drug-likeness (QED) is 0.724. The van der Waals surface area contributed by atoms with E-state index < -0.39 is 6.10 Å². The average Bonchev–Trinajstić information content (AvgIpc) is 2.40. The molecule has 2 N–H and O–H groups in total. The van der Waals surface area contributed by atoms with Crippen molar-refractivity contribution in [2.24, 2.45) is 5.92 Å². The highest BCUT2D eigenvalue weighted by molar-refractivity contribution is 5.78. The highest BCUT2D eigenvalue weighted by Gasteiger charge is 2.21. The van der Waals surface area contributed by atoms with Crippen molar-refractivity contribution in [3.8, 4) is 0 Å². The number of rotatable bonds is 1. The zero-order valence-corrected chi connectivity index (χ0v) is 12.8. The summed E-state index contributed by atoms with van der Waals surface area (Å²) in [6.07, 6.45) is 8.36. The minimum Gasteiger partial charge on any atom is -0.389 e. The second kappa shape index (κ2) is 8.93.